The number of rotatable bonds is 9. The van der Waals surface area contributed by atoms with Crippen LogP contribution in [0.25, 0.3) is 5.65 Å². The van der Waals surface area contributed by atoms with E-state index < -0.39 is 0 Å². The van der Waals surface area contributed by atoms with Crippen molar-refractivity contribution in [1.29, 1.82) is 0 Å². The Morgan fingerprint density at radius 3 is 2.95 bits per heavy atom. The van der Waals surface area contributed by atoms with Gasteiger partial charge in [0.05, 0.1) is 13.2 Å². The smallest absolute Gasteiger partial charge is 0.350 e. The fraction of sp³-hybridized carbons (Fsp3) is 0.500. The van der Waals surface area contributed by atoms with Crippen LogP contribution in [-0.2, 0) is 16.1 Å². The molecule has 0 aromatic carbocycles. The summed E-state index contributed by atoms with van der Waals surface area (Å²) in [5, 5.41) is 10.1. The third-order valence-corrected chi connectivity index (χ3v) is 3.15. The van der Waals surface area contributed by atoms with Crippen LogP contribution in [0, 0.1) is 0 Å². The van der Waals surface area contributed by atoms with Crippen molar-refractivity contribution in [2.45, 2.75) is 13.0 Å². The second-order valence-corrected chi connectivity index (χ2v) is 4.78. The van der Waals surface area contributed by atoms with Gasteiger partial charge in [0.15, 0.2) is 5.65 Å². The van der Waals surface area contributed by atoms with Crippen molar-refractivity contribution in [3.05, 3.63) is 34.9 Å². The first kappa shape index (κ1) is 16.2. The number of hydrogen-bond acceptors (Lipinski definition) is 5. The van der Waals surface area contributed by atoms with Gasteiger partial charge in [0.2, 0.25) is 5.91 Å². The quantitative estimate of drug-likeness (QED) is 0.594. The minimum atomic E-state index is -0.232. The first-order chi connectivity index (χ1) is 10.7. The van der Waals surface area contributed by atoms with Crippen LogP contribution in [0.5, 0.6) is 0 Å². The molecule has 0 saturated heterocycles. The third-order valence-electron chi connectivity index (χ3n) is 3.15. The Hall–Kier alpha value is -2.19. The van der Waals surface area contributed by atoms with Crippen molar-refractivity contribution in [2.24, 2.45) is 0 Å². The molecule has 0 bridgehead atoms. The lowest BCUT2D eigenvalue weighted by Crippen LogP contribution is -2.34. The van der Waals surface area contributed by atoms with Crippen molar-refractivity contribution in [2.75, 3.05) is 33.4 Å². The van der Waals surface area contributed by atoms with Gasteiger partial charge in [-0.15, -0.1) is 5.10 Å². The number of amides is 1. The fourth-order valence-corrected chi connectivity index (χ4v) is 2.00. The van der Waals surface area contributed by atoms with E-state index in [1.807, 2.05) is 6.07 Å². The molecular formula is C14H21N5O3. The first-order valence-electron chi connectivity index (χ1n) is 7.23. The van der Waals surface area contributed by atoms with Crippen molar-refractivity contribution < 1.29 is 9.53 Å². The highest BCUT2D eigenvalue weighted by Crippen LogP contribution is 1.95. The minimum absolute atomic E-state index is 0.0995. The molecule has 0 saturated carbocycles. The number of methoxy groups -OCH3 is 1. The molecule has 120 valence electrons. The molecular weight excluding hydrogens is 286 g/mol. The van der Waals surface area contributed by atoms with E-state index >= 15 is 0 Å². The van der Waals surface area contributed by atoms with Crippen LogP contribution >= 0.6 is 0 Å². The number of carbonyl (C=O) groups is 1. The molecule has 0 unspecified atom stereocenters. The van der Waals surface area contributed by atoms with Gasteiger partial charge in [-0.05, 0) is 12.1 Å². The first-order valence-corrected chi connectivity index (χ1v) is 7.23. The van der Waals surface area contributed by atoms with Gasteiger partial charge in [0, 0.05) is 39.4 Å². The molecule has 0 aliphatic carbocycles. The van der Waals surface area contributed by atoms with Crippen molar-refractivity contribution >= 4 is 11.6 Å². The van der Waals surface area contributed by atoms with Gasteiger partial charge in [0.25, 0.3) is 0 Å². The minimum Gasteiger partial charge on any atom is -0.383 e. The van der Waals surface area contributed by atoms with E-state index in [9.17, 15) is 9.59 Å². The van der Waals surface area contributed by atoms with Crippen LogP contribution in [0.4, 0.5) is 0 Å². The summed E-state index contributed by atoms with van der Waals surface area (Å²) in [5.41, 5.74) is 0.347. The van der Waals surface area contributed by atoms with Crippen LogP contribution in [0.15, 0.2) is 29.2 Å². The lowest BCUT2D eigenvalue weighted by molar-refractivity contribution is -0.121. The standard InChI is InChI=1S/C14H21N5O3/c1-22-11-8-15-6-7-16-13(20)5-10-19-14(21)18-9-3-2-4-12(18)17-19/h2-4,9,15H,5-8,10-11H2,1H3,(H,16,20). The molecule has 0 aliphatic heterocycles. The predicted molar refractivity (Wildman–Crippen MR) is 81.8 cm³/mol. The molecule has 2 aromatic rings. The largest absolute Gasteiger partial charge is 0.383 e. The average Bonchev–Trinajstić information content (AvgIpc) is 2.85. The highest BCUT2D eigenvalue weighted by molar-refractivity contribution is 5.75. The normalized spacial score (nSPS) is 11.0. The van der Waals surface area contributed by atoms with E-state index in [0.29, 0.717) is 25.3 Å². The molecule has 8 nitrogen and oxygen atoms in total. The molecule has 22 heavy (non-hydrogen) atoms. The van der Waals surface area contributed by atoms with Crippen LogP contribution in [0.2, 0.25) is 0 Å². The molecule has 0 radical (unpaired) electrons. The predicted octanol–water partition coefficient (Wildman–Crippen LogP) is -0.762. The second kappa shape index (κ2) is 8.30. The zero-order chi connectivity index (χ0) is 15.8. The summed E-state index contributed by atoms with van der Waals surface area (Å²) in [6.07, 6.45) is 1.88. The van der Waals surface area contributed by atoms with Gasteiger partial charge in [-0.3, -0.25) is 9.20 Å². The van der Waals surface area contributed by atoms with Crippen LogP contribution in [0.3, 0.4) is 0 Å². The maximum absolute atomic E-state index is 12.0. The Bertz CT molecular complexity index is 664. The molecule has 0 atom stereocenters. The number of aromatic nitrogens is 3. The fourth-order valence-electron chi connectivity index (χ4n) is 2.00. The van der Waals surface area contributed by atoms with Crippen LogP contribution in [-0.4, -0.2) is 53.4 Å². The molecule has 0 aliphatic rings. The number of nitrogens with one attached hydrogen (secondary N) is 2. The molecule has 2 aromatic heterocycles. The van der Waals surface area contributed by atoms with E-state index in [1.165, 1.54) is 9.08 Å². The van der Waals surface area contributed by atoms with Crippen molar-refractivity contribution in [3.8, 4) is 0 Å². The summed E-state index contributed by atoms with van der Waals surface area (Å²) < 4.78 is 7.67. The van der Waals surface area contributed by atoms with E-state index in [2.05, 4.69) is 15.7 Å². The monoisotopic (exact) mass is 307 g/mol. The van der Waals surface area contributed by atoms with E-state index in [4.69, 9.17) is 4.74 Å². The number of aryl methyl sites for hydroxylation is 1. The summed E-state index contributed by atoms with van der Waals surface area (Å²) in [5.74, 6) is -0.0995. The zero-order valence-electron chi connectivity index (χ0n) is 12.6. The summed E-state index contributed by atoms with van der Waals surface area (Å²) in [6, 6.07) is 5.34. The van der Waals surface area contributed by atoms with Gasteiger partial charge in [-0.25, -0.2) is 9.48 Å². The molecule has 0 spiro atoms. The van der Waals surface area contributed by atoms with Gasteiger partial charge >= 0.3 is 5.69 Å². The molecule has 0 fully saturated rings. The Balaban J connectivity index is 1.74. The lowest BCUT2D eigenvalue weighted by atomic mass is 10.4. The maximum atomic E-state index is 12.0. The maximum Gasteiger partial charge on any atom is 0.350 e. The Kier molecular flexibility index (Phi) is 6.11. The summed E-state index contributed by atoms with van der Waals surface area (Å²) >= 11 is 0. The van der Waals surface area contributed by atoms with Gasteiger partial charge in [0.1, 0.15) is 0 Å². The molecule has 1 amide bonds. The van der Waals surface area contributed by atoms with Gasteiger partial charge < -0.3 is 15.4 Å². The number of hydrogen-bond donors (Lipinski definition) is 2. The van der Waals surface area contributed by atoms with Crippen molar-refractivity contribution in [3.63, 3.8) is 0 Å². The SMILES string of the molecule is COCCNCCNC(=O)CCn1nc2ccccn2c1=O. The van der Waals surface area contributed by atoms with Crippen LogP contribution < -0.4 is 16.3 Å². The third kappa shape index (κ3) is 4.40. The number of fused-ring (bicyclic) bond motifs is 1. The average molecular weight is 307 g/mol. The topological polar surface area (TPSA) is 89.7 Å². The Morgan fingerprint density at radius 2 is 2.18 bits per heavy atom. The Labute approximate surface area is 128 Å². The molecule has 2 rings (SSSR count). The summed E-state index contributed by atoms with van der Waals surface area (Å²) in [6.45, 7) is 2.89. The number of pyridine rings is 1. The number of carbonyl (C=O) groups excluding carboxylic acids is 1. The van der Waals surface area contributed by atoms with Crippen molar-refractivity contribution in [1.82, 2.24) is 24.8 Å². The second-order valence-electron chi connectivity index (χ2n) is 4.78. The summed E-state index contributed by atoms with van der Waals surface area (Å²) in [7, 11) is 1.64. The Morgan fingerprint density at radius 1 is 1.32 bits per heavy atom. The van der Waals surface area contributed by atoms with Gasteiger partial charge in [-0.1, -0.05) is 6.07 Å². The highest BCUT2D eigenvalue weighted by Gasteiger charge is 2.07. The van der Waals surface area contributed by atoms with E-state index in [-0.39, 0.29) is 24.6 Å². The molecule has 8 heteroatoms. The highest BCUT2D eigenvalue weighted by atomic mass is 16.5. The van der Waals surface area contributed by atoms with Crippen LogP contribution in [0.1, 0.15) is 6.42 Å². The lowest BCUT2D eigenvalue weighted by Gasteiger charge is -2.06. The van der Waals surface area contributed by atoms with E-state index in [1.54, 1.807) is 25.4 Å². The van der Waals surface area contributed by atoms with Gasteiger partial charge in [-0.2, -0.15) is 0 Å². The number of ether oxygens (including phenoxy) is 1. The van der Waals surface area contributed by atoms with E-state index in [0.717, 1.165) is 6.54 Å². The molecule has 2 N–H and O–H groups in total. The number of nitrogens with zero attached hydrogens (tertiary/aromatic N) is 3. The zero-order valence-corrected chi connectivity index (χ0v) is 12.6. The summed E-state index contributed by atoms with van der Waals surface area (Å²) in [4.78, 5) is 23.7. The molecule has 2 heterocycles.